The summed E-state index contributed by atoms with van der Waals surface area (Å²) in [6.45, 7) is 20.6. The van der Waals surface area contributed by atoms with E-state index in [2.05, 4.69) is 29.4 Å². The molecule has 0 aliphatic carbocycles. The Morgan fingerprint density at radius 3 is 1.15 bits per heavy atom. The number of rotatable bonds is 0. The summed E-state index contributed by atoms with van der Waals surface area (Å²) in [6, 6.07) is 16.0. The van der Waals surface area contributed by atoms with Crippen molar-refractivity contribution in [2.75, 3.05) is 13.1 Å². The maximum atomic E-state index is 3.78. The normalized spacial score (nSPS) is 10.3. The zero-order chi connectivity index (χ0) is 21.6. The molecular weight excluding hydrogens is 328 g/mol. The van der Waals surface area contributed by atoms with Crippen molar-refractivity contribution in [2.45, 2.75) is 81.6 Å². The van der Waals surface area contributed by atoms with Gasteiger partial charge in [0.05, 0.1) is 0 Å². The zero-order valence-corrected chi connectivity index (χ0v) is 19.8. The Balaban J connectivity index is -0.000000124. The molecular formula is C25H48N2. The first kappa shape index (κ1) is 33.0. The molecule has 2 aromatic rings. The van der Waals surface area contributed by atoms with Crippen molar-refractivity contribution in [1.82, 2.24) is 10.3 Å². The number of aromatic nitrogens is 1. The third-order valence-electron chi connectivity index (χ3n) is 2.71. The van der Waals surface area contributed by atoms with E-state index >= 15 is 0 Å². The van der Waals surface area contributed by atoms with Crippen molar-refractivity contribution in [3.63, 3.8) is 0 Å². The molecule has 158 valence electrons. The minimum Gasteiger partial charge on any atom is -0.317 e. The van der Waals surface area contributed by atoms with E-state index in [4.69, 9.17) is 0 Å². The number of piperidine rings is 1. The first-order chi connectivity index (χ1) is 13.4. The second kappa shape index (κ2) is 39.4. The molecule has 1 aliphatic heterocycles. The van der Waals surface area contributed by atoms with E-state index in [0.717, 1.165) is 0 Å². The van der Waals surface area contributed by atoms with Gasteiger partial charge in [0.2, 0.25) is 0 Å². The van der Waals surface area contributed by atoms with Crippen LogP contribution in [0.15, 0.2) is 60.9 Å². The Morgan fingerprint density at radius 2 is 1.00 bits per heavy atom. The summed E-state index contributed by atoms with van der Waals surface area (Å²) in [4.78, 5) is 3.78. The molecule has 2 heterocycles. The molecule has 0 spiro atoms. The SMILES string of the molecule is C1CCNCC1.CC.CC.CC.CC.Cc1ccccc1.c1ccncc1. The van der Waals surface area contributed by atoms with Crippen molar-refractivity contribution >= 4 is 0 Å². The molecule has 0 saturated carbocycles. The van der Waals surface area contributed by atoms with Gasteiger partial charge in [0.15, 0.2) is 0 Å². The lowest BCUT2D eigenvalue weighted by Crippen LogP contribution is -2.21. The molecule has 0 amide bonds. The van der Waals surface area contributed by atoms with E-state index < -0.39 is 0 Å². The van der Waals surface area contributed by atoms with Gasteiger partial charge in [-0.2, -0.15) is 0 Å². The third-order valence-corrected chi connectivity index (χ3v) is 2.71. The lowest BCUT2D eigenvalue weighted by atomic mass is 10.2. The molecule has 1 aromatic heterocycles. The highest BCUT2D eigenvalue weighted by Crippen LogP contribution is 1.96. The average molecular weight is 377 g/mol. The summed E-state index contributed by atoms with van der Waals surface area (Å²) in [6.07, 6.45) is 7.72. The van der Waals surface area contributed by atoms with Gasteiger partial charge in [-0.05, 0) is 45.0 Å². The van der Waals surface area contributed by atoms with Crippen LogP contribution in [0, 0.1) is 6.92 Å². The summed E-state index contributed by atoms with van der Waals surface area (Å²) >= 11 is 0. The Bertz CT molecular complexity index is 345. The maximum absolute atomic E-state index is 3.78. The van der Waals surface area contributed by atoms with Gasteiger partial charge in [0.1, 0.15) is 0 Å². The number of aryl methyl sites for hydroxylation is 1. The van der Waals surface area contributed by atoms with Crippen LogP contribution in [-0.4, -0.2) is 18.1 Å². The molecule has 0 unspecified atom stereocenters. The highest BCUT2D eigenvalue weighted by Gasteiger charge is 1.93. The minimum absolute atomic E-state index is 1.25. The Kier molecular flexibility index (Phi) is 48.1. The lowest BCUT2D eigenvalue weighted by Gasteiger charge is -2.08. The first-order valence-electron chi connectivity index (χ1n) is 11.0. The summed E-state index contributed by atoms with van der Waals surface area (Å²) in [5.74, 6) is 0. The first-order valence-corrected chi connectivity index (χ1v) is 11.0. The predicted octanol–water partition coefficient (Wildman–Crippen LogP) is 7.94. The van der Waals surface area contributed by atoms with Gasteiger partial charge in [0, 0.05) is 12.4 Å². The molecule has 1 aliphatic rings. The van der Waals surface area contributed by atoms with Gasteiger partial charge in [-0.1, -0.05) is 104 Å². The number of nitrogens with one attached hydrogen (secondary N) is 1. The van der Waals surface area contributed by atoms with E-state index in [1.165, 1.54) is 37.9 Å². The van der Waals surface area contributed by atoms with Crippen LogP contribution in [0.4, 0.5) is 0 Å². The Morgan fingerprint density at radius 1 is 0.593 bits per heavy atom. The molecule has 1 N–H and O–H groups in total. The number of nitrogens with zero attached hydrogens (tertiary/aromatic N) is 1. The van der Waals surface area contributed by atoms with Crippen molar-refractivity contribution in [3.8, 4) is 0 Å². The molecule has 1 aromatic carbocycles. The van der Waals surface area contributed by atoms with Crippen molar-refractivity contribution < 1.29 is 0 Å². The summed E-state index contributed by atoms with van der Waals surface area (Å²) in [7, 11) is 0. The fourth-order valence-electron chi connectivity index (χ4n) is 1.65. The van der Waals surface area contributed by atoms with Crippen LogP contribution in [0.25, 0.3) is 0 Å². The smallest absolute Gasteiger partial charge is 0.0267 e. The predicted molar refractivity (Wildman–Crippen MR) is 128 cm³/mol. The van der Waals surface area contributed by atoms with Gasteiger partial charge in [0.25, 0.3) is 0 Å². The molecule has 0 bridgehead atoms. The van der Waals surface area contributed by atoms with Gasteiger partial charge >= 0.3 is 0 Å². The van der Waals surface area contributed by atoms with Crippen LogP contribution in [-0.2, 0) is 0 Å². The van der Waals surface area contributed by atoms with E-state index in [9.17, 15) is 0 Å². The molecule has 0 atom stereocenters. The number of hydrogen-bond donors (Lipinski definition) is 1. The van der Waals surface area contributed by atoms with E-state index in [1.54, 1.807) is 12.4 Å². The van der Waals surface area contributed by atoms with Gasteiger partial charge < -0.3 is 5.32 Å². The highest BCUT2D eigenvalue weighted by molar-refractivity contribution is 5.11. The molecule has 2 nitrogen and oxygen atoms in total. The van der Waals surface area contributed by atoms with Gasteiger partial charge in [-0.25, -0.2) is 0 Å². The van der Waals surface area contributed by atoms with Crippen LogP contribution in [0.1, 0.15) is 80.2 Å². The standard InChI is InChI=1S/C7H8.C5H11N.C5H5N.4C2H6/c1-7-5-3-2-4-6-7;2*1-2-4-6-5-3-1;4*1-2/h2-6H,1H3;6H,1-5H2;1-5H;4*1-2H3. The van der Waals surface area contributed by atoms with E-state index in [0.29, 0.717) is 0 Å². The Labute approximate surface area is 171 Å². The van der Waals surface area contributed by atoms with E-state index in [1.807, 2.05) is 91.8 Å². The fraction of sp³-hybridized carbons (Fsp3) is 0.560. The molecule has 3 rings (SSSR count). The molecule has 1 saturated heterocycles. The Hall–Kier alpha value is -1.67. The molecule has 27 heavy (non-hydrogen) atoms. The third kappa shape index (κ3) is 36.1. The number of hydrogen-bond acceptors (Lipinski definition) is 2. The highest BCUT2D eigenvalue weighted by atomic mass is 14.9. The summed E-state index contributed by atoms with van der Waals surface area (Å²) < 4.78 is 0. The van der Waals surface area contributed by atoms with Gasteiger partial charge in [-0.15, -0.1) is 0 Å². The van der Waals surface area contributed by atoms with Crippen LogP contribution >= 0.6 is 0 Å². The van der Waals surface area contributed by atoms with Crippen molar-refractivity contribution in [2.24, 2.45) is 0 Å². The largest absolute Gasteiger partial charge is 0.317 e. The number of pyridine rings is 1. The fourth-order valence-corrected chi connectivity index (χ4v) is 1.65. The molecule has 0 radical (unpaired) electrons. The van der Waals surface area contributed by atoms with E-state index in [-0.39, 0.29) is 0 Å². The quantitative estimate of drug-likeness (QED) is 0.504. The zero-order valence-electron chi connectivity index (χ0n) is 19.8. The monoisotopic (exact) mass is 376 g/mol. The second-order valence-corrected chi connectivity index (χ2v) is 4.49. The van der Waals surface area contributed by atoms with Crippen LogP contribution in [0.2, 0.25) is 0 Å². The summed E-state index contributed by atoms with van der Waals surface area (Å²) in [5, 5.41) is 3.28. The molecule has 2 heteroatoms. The van der Waals surface area contributed by atoms with Crippen LogP contribution in [0.3, 0.4) is 0 Å². The average Bonchev–Trinajstić information content (AvgIpc) is 2.83. The topological polar surface area (TPSA) is 24.9 Å². The van der Waals surface area contributed by atoms with Crippen LogP contribution in [0.5, 0.6) is 0 Å². The van der Waals surface area contributed by atoms with Gasteiger partial charge in [-0.3, -0.25) is 4.98 Å². The summed E-state index contributed by atoms with van der Waals surface area (Å²) in [5.41, 5.74) is 1.32. The maximum Gasteiger partial charge on any atom is 0.0267 e. The van der Waals surface area contributed by atoms with Crippen molar-refractivity contribution in [3.05, 3.63) is 66.5 Å². The van der Waals surface area contributed by atoms with Crippen LogP contribution < -0.4 is 5.32 Å². The second-order valence-electron chi connectivity index (χ2n) is 4.49. The minimum atomic E-state index is 1.25. The lowest BCUT2D eigenvalue weighted by molar-refractivity contribution is 0.520. The molecule has 1 fully saturated rings. The van der Waals surface area contributed by atoms with Crippen molar-refractivity contribution in [1.29, 1.82) is 0 Å². The number of benzene rings is 1.